The summed E-state index contributed by atoms with van der Waals surface area (Å²) in [4.78, 5) is 29.8. The van der Waals surface area contributed by atoms with E-state index in [0.29, 0.717) is 5.89 Å². The molecule has 2 heterocycles. The number of nitrogens with zero attached hydrogens (tertiary/aromatic N) is 2. The van der Waals surface area contributed by atoms with Crippen LogP contribution in [0.1, 0.15) is 39.3 Å². The second-order valence-electron chi connectivity index (χ2n) is 6.13. The Bertz CT molecular complexity index is 516. The van der Waals surface area contributed by atoms with Crippen molar-refractivity contribution in [3.05, 3.63) is 17.8 Å². The van der Waals surface area contributed by atoms with E-state index in [9.17, 15) is 9.59 Å². The van der Waals surface area contributed by atoms with Crippen molar-refractivity contribution in [2.75, 3.05) is 6.54 Å². The van der Waals surface area contributed by atoms with Gasteiger partial charge in [0.05, 0.1) is 12.7 Å². The molecule has 1 aliphatic rings. The highest BCUT2D eigenvalue weighted by Gasteiger charge is 2.40. The standard InChI is InChI=1S/C14H21N3O3/c1-5-9-6-15-11(20-9)8-17-7-10(18)16-12(13(17)19)14(2,3)4/h6,12H,5,7-8H2,1-4H3,(H,16,18). The van der Waals surface area contributed by atoms with Crippen molar-refractivity contribution in [1.29, 1.82) is 0 Å². The number of hydrogen-bond donors (Lipinski definition) is 1. The van der Waals surface area contributed by atoms with Crippen molar-refractivity contribution in [1.82, 2.24) is 15.2 Å². The lowest BCUT2D eigenvalue weighted by Gasteiger charge is -2.38. The van der Waals surface area contributed by atoms with Crippen LogP contribution in [0, 0.1) is 5.41 Å². The summed E-state index contributed by atoms with van der Waals surface area (Å²) in [5.41, 5.74) is -0.323. The van der Waals surface area contributed by atoms with E-state index in [1.54, 1.807) is 6.20 Å². The monoisotopic (exact) mass is 279 g/mol. The van der Waals surface area contributed by atoms with Crippen molar-refractivity contribution in [3.8, 4) is 0 Å². The summed E-state index contributed by atoms with van der Waals surface area (Å²) >= 11 is 0. The second-order valence-corrected chi connectivity index (χ2v) is 6.13. The number of amides is 2. The van der Waals surface area contributed by atoms with Gasteiger partial charge in [-0.15, -0.1) is 0 Å². The summed E-state index contributed by atoms with van der Waals surface area (Å²) in [6, 6.07) is -0.510. The van der Waals surface area contributed by atoms with Gasteiger partial charge in [0.25, 0.3) is 0 Å². The van der Waals surface area contributed by atoms with Gasteiger partial charge in [0, 0.05) is 6.42 Å². The number of hydrogen-bond acceptors (Lipinski definition) is 4. The number of oxazole rings is 1. The molecule has 1 aliphatic heterocycles. The molecule has 0 bridgehead atoms. The summed E-state index contributed by atoms with van der Waals surface area (Å²) in [5, 5.41) is 2.76. The lowest BCUT2D eigenvalue weighted by Crippen LogP contribution is -2.61. The van der Waals surface area contributed by atoms with Gasteiger partial charge >= 0.3 is 0 Å². The molecular formula is C14H21N3O3. The van der Waals surface area contributed by atoms with Gasteiger partial charge in [-0.1, -0.05) is 27.7 Å². The predicted molar refractivity (Wildman–Crippen MR) is 72.7 cm³/mol. The number of piperazine rings is 1. The fraction of sp³-hybridized carbons (Fsp3) is 0.643. The van der Waals surface area contributed by atoms with E-state index in [4.69, 9.17) is 4.42 Å². The Morgan fingerprint density at radius 2 is 2.15 bits per heavy atom. The Morgan fingerprint density at radius 3 is 2.70 bits per heavy atom. The fourth-order valence-electron chi connectivity index (χ4n) is 2.17. The summed E-state index contributed by atoms with van der Waals surface area (Å²) in [5.74, 6) is 1.01. The molecule has 1 saturated heterocycles. The minimum atomic E-state index is -0.510. The third-order valence-corrected chi connectivity index (χ3v) is 3.34. The van der Waals surface area contributed by atoms with Crippen LogP contribution >= 0.6 is 0 Å². The van der Waals surface area contributed by atoms with Gasteiger partial charge in [0.2, 0.25) is 17.7 Å². The quantitative estimate of drug-likeness (QED) is 0.899. The second kappa shape index (κ2) is 5.26. The highest BCUT2D eigenvalue weighted by Crippen LogP contribution is 2.24. The van der Waals surface area contributed by atoms with E-state index in [-0.39, 0.29) is 30.3 Å². The zero-order valence-electron chi connectivity index (χ0n) is 12.4. The highest BCUT2D eigenvalue weighted by atomic mass is 16.4. The summed E-state index contributed by atoms with van der Waals surface area (Å²) in [6.45, 7) is 8.05. The van der Waals surface area contributed by atoms with Gasteiger partial charge < -0.3 is 14.6 Å². The number of aromatic nitrogens is 1. The van der Waals surface area contributed by atoms with E-state index in [1.165, 1.54) is 4.90 Å². The molecule has 1 aromatic rings. The average molecular weight is 279 g/mol. The van der Waals surface area contributed by atoms with Gasteiger partial charge in [-0.05, 0) is 5.41 Å². The molecule has 1 aromatic heterocycles. The van der Waals surface area contributed by atoms with Crippen LogP contribution in [-0.2, 0) is 22.6 Å². The molecule has 1 fully saturated rings. The van der Waals surface area contributed by atoms with Gasteiger partial charge in [0.1, 0.15) is 18.3 Å². The van der Waals surface area contributed by atoms with Crippen LogP contribution in [0.4, 0.5) is 0 Å². The minimum absolute atomic E-state index is 0.0508. The Labute approximate surface area is 118 Å². The normalized spacial score (nSPS) is 20.2. The van der Waals surface area contributed by atoms with E-state index in [2.05, 4.69) is 10.3 Å². The third-order valence-electron chi connectivity index (χ3n) is 3.34. The summed E-state index contributed by atoms with van der Waals surface area (Å²) < 4.78 is 5.50. The Balaban J connectivity index is 2.14. The zero-order valence-corrected chi connectivity index (χ0v) is 12.4. The summed E-state index contributed by atoms with van der Waals surface area (Å²) in [6.07, 6.45) is 2.41. The molecule has 1 N–H and O–H groups in total. The number of carbonyl (C=O) groups is 2. The maximum absolute atomic E-state index is 12.4. The largest absolute Gasteiger partial charge is 0.444 e. The maximum atomic E-state index is 12.4. The summed E-state index contributed by atoms with van der Waals surface area (Å²) in [7, 11) is 0. The SMILES string of the molecule is CCc1cnc(CN2CC(=O)NC(C(C)(C)C)C2=O)o1. The smallest absolute Gasteiger partial charge is 0.246 e. The topological polar surface area (TPSA) is 75.4 Å². The van der Waals surface area contributed by atoms with Gasteiger partial charge in [-0.2, -0.15) is 0 Å². The van der Waals surface area contributed by atoms with E-state index >= 15 is 0 Å². The Kier molecular flexibility index (Phi) is 3.83. The minimum Gasteiger partial charge on any atom is -0.444 e. The lowest BCUT2D eigenvalue weighted by molar-refractivity contribution is -0.148. The van der Waals surface area contributed by atoms with Crippen LogP contribution < -0.4 is 5.32 Å². The molecule has 0 spiro atoms. The molecule has 20 heavy (non-hydrogen) atoms. The third kappa shape index (κ3) is 3.00. The van der Waals surface area contributed by atoms with Crippen molar-refractivity contribution in [2.45, 2.75) is 46.7 Å². The van der Waals surface area contributed by atoms with Gasteiger partial charge in [0.15, 0.2) is 0 Å². The molecule has 0 aliphatic carbocycles. The maximum Gasteiger partial charge on any atom is 0.246 e. The molecule has 0 radical (unpaired) electrons. The first-order valence-electron chi connectivity index (χ1n) is 6.83. The number of rotatable bonds is 3. The molecule has 1 atom stereocenters. The molecule has 0 aromatic carbocycles. The predicted octanol–water partition coefficient (Wildman–Crippen LogP) is 1.11. The van der Waals surface area contributed by atoms with Crippen LogP contribution in [0.2, 0.25) is 0 Å². The van der Waals surface area contributed by atoms with Crippen molar-refractivity contribution < 1.29 is 14.0 Å². The first kappa shape index (κ1) is 14.6. The molecular weight excluding hydrogens is 258 g/mol. The van der Waals surface area contributed by atoms with E-state index in [0.717, 1.165) is 12.2 Å². The van der Waals surface area contributed by atoms with Crippen LogP contribution in [0.5, 0.6) is 0 Å². The van der Waals surface area contributed by atoms with Crippen molar-refractivity contribution in [2.24, 2.45) is 5.41 Å². The van der Waals surface area contributed by atoms with Crippen molar-refractivity contribution in [3.63, 3.8) is 0 Å². The number of nitrogens with one attached hydrogen (secondary N) is 1. The number of carbonyl (C=O) groups excluding carboxylic acids is 2. The first-order valence-corrected chi connectivity index (χ1v) is 6.83. The zero-order chi connectivity index (χ0) is 14.9. The highest BCUT2D eigenvalue weighted by molar-refractivity contribution is 5.95. The average Bonchev–Trinajstić information content (AvgIpc) is 2.79. The molecule has 2 amide bonds. The van der Waals surface area contributed by atoms with Crippen LogP contribution in [0.3, 0.4) is 0 Å². The van der Waals surface area contributed by atoms with Crippen molar-refractivity contribution >= 4 is 11.8 Å². The molecule has 6 nitrogen and oxygen atoms in total. The molecule has 1 unspecified atom stereocenters. The molecule has 110 valence electrons. The Morgan fingerprint density at radius 1 is 1.45 bits per heavy atom. The van der Waals surface area contributed by atoms with Gasteiger partial charge in [-0.3, -0.25) is 9.59 Å². The van der Waals surface area contributed by atoms with E-state index in [1.807, 2.05) is 27.7 Å². The lowest BCUT2D eigenvalue weighted by atomic mass is 9.85. The molecule has 2 rings (SSSR count). The van der Waals surface area contributed by atoms with Crippen LogP contribution in [0.15, 0.2) is 10.6 Å². The fourth-order valence-corrected chi connectivity index (χ4v) is 2.17. The van der Waals surface area contributed by atoms with Gasteiger partial charge in [-0.25, -0.2) is 4.98 Å². The number of aryl methyl sites for hydroxylation is 1. The molecule has 6 heteroatoms. The first-order chi connectivity index (χ1) is 9.31. The van der Waals surface area contributed by atoms with Crippen LogP contribution in [0.25, 0.3) is 0 Å². The Hall–Kier alpha value is -1.85. The van der Waals surface area contributed by atoms with Crippen LogP contribution in [-0.4, -0.2) is 34.3 Å². The molecule has 0 saturated carbocycles. The van der Waals surface area contributed by atoms with E-state index < -0.39 is 6.04 Å².